The molecule has 0 aliphatic carbocycles. The molecule has 4 heteroatoms. The molecule has 1 aromatic heterocycles. The van der Waals surface area contributed by atoms with Gasteiger partial charge >= 0.3 is 0 Å². The van der Waals surface area contributed by atoms with Crippen molar-refractivity contribution in [2.24, 2.45) is 0 Å². The van der Waals surface area contributed by atoms with Gasteiger partial charge in [-0.2, -0.15) is 0 Å². The second-order valence-corrected chi connectivity index (χ2v) is 4.71. The topological polar surface area (TPSA) is 34.6 Å². The molecule has 0 fully saturated rings. The summed E-state index contributed by atoms with van der Waals surface area (Å²) in [5.41, 5.74) is 1.09. The minimum absolute atomic E-state index is 0.662. The lowest BCUT2D eigenvalue weighted by Crippen LogP contribution is -2.22. The summed E-state index contributed by atoms with van der Waals surface area (Å²) in [5, 5.41) is 0. The van der Waals surface area contributed by atoms with Crippen molar-refractivity contribution in [2.45, 2.75) is 20.4 Å². The summed E-state index contributed by atoms with van der Waals surface area (Å²) >= 11 is 0. The van der Waals surface area contributed by atoms with E-state index in [0.29, 0.717) is 5.88 Å². The zero-order chi connectivity index (χ0) is 15.1. The minimum Gasteiger partial charge on any atom is -0.497 e. The molecule has 0 radical (unpaired) electrons. The van der Waals surface area contributed by atoms with Crippen molar-refractivity contribution in [1.29, 1.82) is 0 Å². The van der Waals surface area contributed by atoms with Gasteiger partial charge in [-0.3, -0.25) is 4.90 Å². The number of pyridine rings is 1. The molecule has 0 saturated carbocycles. The van der Waals surface area contributed by atoms with Gasteiger partial charge in [0.1, 0.15) is 11.5 Å². The van der Waals surface area contributed by atoms with Crippen molar-refractivity contribution >= 4 is 0 Å². The van der Waals surface area contributed by atoms with Crippen molar-refractivity contribution in [3.05, 3.63) is 48.2 Å². The third kappa shape index (κ3) is 4.20. The van der Waals surface area contributed by atoms with Crippen LogP contribution < -0.4 is 9.47 Å². The van der Waals surface area contributed by atoms with E-state index in [2.05, 4.69) is 29.8 Å². The smallest absolute Gasteiger partial charge is 0.223 e. The monoisotopic (exact) mass is 286 g/mol. The highest BCUT2D eigenvalue weighted by molar-refractivity contribution is 5.35. The molecule has 112 valence electrons. The summed E-state index contributed by atoms with van der Waals surface area (Å²) in [6.45, 7) is 7.17. The van der Waals surface area contributed by atoms with E-state index in [1.807, 2.05) is 30.3 Å². The summed E-state index contributed by atoms with van der Waals surface area (Å²) < 4.78 is 11.1. The van der Waals surface area contributed by atoms with Crippen molar-refractivity contribution in [1.82, 2.24) is 9.88 Å². The van der Waals surface area contributed by atoms with Crippen LogP contribution in [0, 0.1) is 0 Å². The zero-order valence-corrected chi connectivity index (χ0v) is 12.9. The number of nitrogens with zero attached hydrogens (tertiary/aromatic N) is 2. The number of hydrogen-bond donors (Lipinski definition) is 0. The van der Waals surface area contributed by atoms with E-state index in [9.17, 15) is 0 Å². The lowest BCUT2D eigenvalue weighted by molar-refractivity contribution is 0.290. The van der Waals surface area contributed by atoms with E-state index in [1.54, 1.807) is 13.3 Å². The van der Waals surface area contributed by atoms with Crippen LogP contribution in [0.25, 0.3) is 0 Å². The van der Waals surface area contributed by atoms with Crippen LogP contribution in [0.1, 0.15) is 19.4 Å². The van der Waals surface area contributed by atoms with Gasteiger partial charge < -0.3 is 9.47 Å². The van der Waals surface area contributed by atoms with Crippen LogP contribution in [0.4, 0.5) is 0 Å². The lowest BCUT2D eigenvalue weighted by atomic mass is 10.2. The number of ether oxygens (including phenoxy) is 2. The molecule has 0 aliphatic heterocycles. The van der Waals surface area contributed by atoms with Gasteiger partial charge in [0.25, 0.3) is 0 Å². The van der Waals surface area contributed by atoms with Crippen LogP contribution in [0.15, 0.2) is 42.6 Å². The molecule has 2 rings (SSSR count). The third-order valence-electron chi connectivity index (χ3n) is 3.41. The Balaban J connectivity index is 2.15. The standard InChI is InChI=1S/C17H22N2O2/c1-4-19(5-2)13-14-7-6-12-18-17(14)21-16-10-8-15(20-3)9-11-16/h6-12H,4-5,13H2,1-3H3. The highest BCUT2D eigenvalue weighted by atomic mass is 16.5. The van der Waals surface area contributed by atoms with Gasteiger partial charge in [-0.1, -0.05) is 19.9 Å². The van der Waals surface area contributed by atoms with E-state index < -0.39 is 0 Å². The average Bonchev–Trinajstić information content (AvgIpc) is 2.54. The lowest BCUT2D eigenvalue weighted by Gasteiger charge is -2.19. The van der Waals surface area contributed by atoms with Crippen LogP contribution in [0.2, 0.25) is 0 Å². The summed E-state index contributed by atoms with van der Waals surface area (Å²) in [7, 11) is 1.65. The first-order valence-electron chi connectivity index (χ1n) is 7.25. The fraction of sp³-hybridized carbons (Fsp3) is 0.353. The maximum atomic E-state index is 5.91. The zero-order valence-electron chi connectivity index (χ0n) is 12.9. The van der Waals surface area contributed by atoms with E-state index >= 15 is 0 Å². The Bertz CT molecular complexity index is 551. The van der Waals surface area contributed by atoms with E-state index in [1.165, 1.54) is 0 Å². The van der Waals surface area contributed by atoms with Gasteiger partial charge in [-0.15, -0.1) is 0 Å². The number of methoxy groups -OCH3 is 1. The van der Waals surface area contributed by atoms with Crippen LogP contribution >= 0.6 is 0 Å². The van der Waals surface area contributed by atoms with E-state index in [-0.39, 0.29) is 0 Å². The van der Waals surface area contributed by atoms with Crippen LogP contribution in [-0.2, 0) is 6.54 Å². The van der Waals surface area contributed by atoms with Gasteiger partial charge in [0.15, 0.2) is 0 Å². The van der Waals surface area contributed by atoms with Gasteiger partial charge in [0, 0.05) is 18.3 Å². The molecule has 4 nitrogen and oxygen atoms in total. The maximum Gasteiger partial charge on any atom is 0.223 e. The van der Waals surface area contributed by atoms with Gasteiger partial charge in [0.2, 0.25) is 5.88 Å². The first kappa shape index (κ1) is 15.3. The van der Waals surface area contributed by atoms with Crippen molar-refractivity contribution < 1.29 is 9.47 Å². The molecule has 0 unspecified atom stereocenters. The molecular formula is C17H22N2O2. The Labute approximate surface area is 126 Å². The summed E-state index contributed by atoms with van der Waals surface area (Å²) in [5.74, 6) is 2.23. The molecular weight excluding hydrogens is 264 g/mol. The average molecular weight is 286 g/mol. The highest BCUT2D eigenvalue weighted by Crippen LogP contribution is 2.25. The van der Waals surface area contributed by atoms with E-state index in [0.717, 1.165) is 36.7 Å². The largest absolute Gasteiger partial charge is 0.497 e. The second-order valence-electron chi connectivity index (χ2n) is 4.71. The summed E-state index contributed by atoms with van der Waals surface area (Å²) in [6.07, 6.45) is 1.75. The predicted molar refractivity (Wildman–Crippen MR) is 83.9 cm³/mol. The third-order valence-corrected chi connectivity index (χ3v) is 3.41. The van der Waals surface area contributed by atoms with Crippen molar-refractivity contribution in [3.8, 4) is 17.4 Å². The number of benzene rings is 1. The minimum atomic E-state index is 0.662. The molecule has 2 aromatic rings. The molecule has 1 heterocycles. The second kappa shape index (κ2) is 7.64. The SMILES string of the molecule is CCN(CC)Cc1cccnc1Oc1ccc(OC)cc1. The normalized spacial score (nSPS) is 10.7. The predicted octanol–water partition coefficient (Wildman–Crippen LogP) is 3.72. The molecule has 1 aromatic carbocycles. The molecule has 21 heavy (non-hydrogen) atoms. The molecule has 0 saturated heterocycles. The molecule has 0 atom stereocenters. The maximum absolute atomic E-state index is 5.91. The number of rotatable bonds is 7. The van der Waals surface area contributed by atoms with Crippen LogP contribution in [-0.4, -0.2) is 30.1 Å². The first-order valence-corrected chi connectivity index (χ1v) is 7.25. The number of aromatic nitrogens is 1. The van der Waals surface area contributed by atoms with Crippen molar-refractivity contribution in [2.75, 3.05) is 20.2 Å². The first-order chi connectivity index (χ1) is 10.3. The van der Waals surface area contributed by atoms with Crippen LogP contribution in [0.5, 0.6) is 17.4 Å². The molecule has 0 bridgehead atoms. The quantitative estimate of drug-likeness (QED) is 0.777. The Morgan fingerprint density at radius 3 is 2.29 bits per heavy atom. The molecule has 0 spiro atoms. The fourth-order valence-electron chi connectivity index (χ4n) is 2.08. The number of hydrogen-bond acceptors (Lipinski definition) is 4. The molecule has 0 aliphatic rings. The van der Waals surface area contributed by atoms with Crippen LogP contribution in [0.3, 0.4) is 0 Å². The molecule has 0 N–H and O–H groups in total. The van der Waals surface area contributed by atoms with Gasteiger partial charge in [0.05, 0.1) is 7.11 Å². The fourth-order valence-corrected chi connectivity index (χ4v) is 2.08. The summed E-state index contributed by atoms with van der Waals surface area (Å²) in [4.78, 5) is 6.69. The van der Waals surface area contributed by atoms with Crippen molar-refractivity contribution in [3.63, 3.8) is 0 Å². The Hall–Kier alpha value is -2.07. The van der Waals surface area contributed by atoms with E-state index in [4.69, 9.17) is 9.47 Å². The molecule has 0 amide bonds. The Morgan fingerprint density at radius 2 is 1.67 bits per heavy atom. The van der Waals surface area contributed by atoms with Gasteiger partial charge in [-0.25, -0.2) is 4.98 Å². The van der Waals surface area contributed by atoms with Gasteiger partial charge in [-0.05, 0) is 43.4 Å². The Kier molecular flexibility index (Phi) is 5.58. The summed E-state index contributed by atoms with van der Waals surface area (Å²) in [6, 6.07) is 11.5. The Morgan fingerprint density at radius 1 is 1.00 bits per heavy atom. The highest BCUT2D eigenvalue weighted by Gasteiger charge is 2.09.